The molecular formula is C24H28N4O3S. The molecule has 168 valence electrons. The van der Waals surface area contributed by atoms with Crippen molar-refractivity contribution in [3.8, 4) is 5.75 Å². The van der Waals surface area contributed by atoms with E-state index in [1.165, 1.54) is 18.2 Å². The number of hydrogen-bond acceptors (Lipinski definition) is 5. The Labute approximate surface area is 192 Å². The normalized spacial score (nSPS) is 16.2. The molecule has 0 saturated carbocycles. The molecule has 1 atom stereocenters. The summed E-state index contributed by atoms with van der Waals surface area (Å²) >= 11 is 1.34. The van der Waals surface area contributed by atoms with Gasteiger partial charge in [-0.2, -0.15) is 0 Å². The van der Waals surface area contributed by atoms with Crippen molar-refractivity contribution < 1.29 is 14.3 Å². The summed E-state index contributed by atoms with van der Waals surface area (Å²) in [5.41, 5.74) is 2.44. The molecule has 2 amide bonds. The molecule has 2 heterocycles. The molecule has 7 nitrogen and oxygen atoms in total. The maximum Gasteiger partial charge on any atom is 0.242 e. The number of fused-ring (bicyclic) bond motifs is 1. The minimum Gasteiger partial charge on any atom is -0.497 e. The molecule has 2 aromatic carbocycles. The Kier molecular flexibility index (Phi) is 6.99. The van der Waals surface area contributed by atoms with Gasteiger partial charge in [-0.05, 0) is 55.2 Å². The van der Waals surface area contributed by atoms with E-state index in [1.54, 1.807) is 31.4 Å². The van der Waals surface area contributed by atoms with E-state index in [0.29, 0.717) is 16.8 Å². The maximum atomic E-state index is 13.0. The van der Waals surface area contributed by atoms with Crippen LogP contribution in [-0.4, -0.2) is 52.2 Å². The largest absolute Gasteiger partial charge is 0.497 e. The van der Waals surface area contributed by atoms with Crippen molar-refractivity contribution in [2.75, 3.05) is 31.3 Å². The van der Waals surface area contributed by atoms with E-state index in [-0.39, 0.29) is 24.1 Å². The Morgan fingerprint density at radius 2 is 1.97 bits per heavy atom. The molecule has 3 aromatic rings. The third-order valence-corrected chi connectivity index (χ3v) is 6.61. The highest BCUT2D eigenvalue weighted by molar-refractivity contribution is 7.99. The summed E-state index contributed by atoms with van der Waals surface area (Å²) in [5, 5.41) is 3.56. The van der Waals surface area contributed by atoms with Gasteiger partial charge < -0.3 is 19.5 Å². The molecule has 1 saturated heterocycles. The highest BCUT2D eigenvalue weighted by Gasteiger charge is 2.23. The molecule has 0 radical (unpaired) electrons. The minimum absolute atomic E-state index is 0.101. The zero-order valence-corrected chi connectivity index (χ0v) is 19.2. The lowest BCUT2D eigenvalue weighted by molar-refractivity contribution is -0.133. The van der Waals surface area contributed by atoms with E-state index in [1.807, 2.05) is 33.7 Å². The molecule has 32 heavy (non-hydrogen) atoms. The van der Waals surface area contributed by atoms with Crippen LogP contribution in [0.15, 0.2) is 53.7 Å². The Bertz CT molecular complexity index is 1100. The summed E-state index contributed by atoms with van der Waals surface area (Å²) in [6, 6.07) is 15.0. The average Bonchev–Trinajstić information content (AvgIpc) is 3.15. The molecule has 0 bridgehead atoms. The number of para-hydroxylation sites is 2. The number of piperidine rings is 1. The monoisotopic (exact) mass is 452 g/mol. The standard InChI is InChI=1S/C24H28N4O3S/c1-17-6-5-13-27(14-17)23(30)15-28-21-8-4-3-7-20(21)26-24(28)32-16-22(29)25-18-9-11-19(31-2)12-10-18/h3-4,7-12,17H,5-6,13-16H2,1-2H3,(H,25,29)/t17-/m1/s1. The van der Waals surface area contributed by atoms with Gasteiger partial charge in [-0.1, -0.05) is 30.8 Å². The van der Waals surface area contributed by atoms with E-state index in [9.17, 15) is 9.59 Å². The third kappa shape index (κ3) is 5.24. The number of imidazole rings is 1. The number of nitrogens with zero attached hydrogens (tertiary/aromatic N) is 3. The molecule has 0 aliphatic carbocycles. The van der Waals surface area contributed by atoms with Gasteiger partial charge in [-0.25, -0.2) is 4.98 Å². The van der Waals surface area contributed by atoms with Gasteiger partial charge in [0.2, 0.25) is 11.8 Å². The summed E-state index contributed by atoms with van der Waals surface area (Å²) in [6.45, 7) is 4.03. The first-order valence-electron chi connectivity index (χ1n) is 10.8. The van der Waals surface area contributed by atoms with E-state index in [2.05, 4.69) is 17.2 Å². The van der Waals surface area contributed by atoms with Crippen molar-refractivity contribution in [1.82, 2.24) is 14.5 Å². The highest BCUT2D eigenvalue weighted by atomic mass is 32.2. The maximum absolute atomic E-state index is 13.0. The zero-order valence-electron chi connectivity index (χ0n) is 18.4. The Morgan fingerprint density at radius 1 is 1.19 bits per heavy atom. The molecular weight excluding hydrogens is 424 g/mol. The lowest BCUT2D eigenvalue weighted by atomic mass is 10.0. The van der Waals surface area contributed by atoms with Crippen LogP contribution >= 0.6 is 11.8 Å². The van der Waals surface area contributed by atoms with E-state index >= 15 is 0 Å². The molecule has 1 aromatic heterocycles. The first-order chi connectivity index (χ1) is 15.5. The summed E-state index contributed by atoms with van der Waals surface area (Å²) < 4.78 is 7.08. The SMILES string of the molecule is COc1ccc(NC(=O)CSc2nc3ccccc3n2CC(=O)N2CCC[C@@H](C)C2)cc1. The molecule has 1 aliphatic heterocycles. The number of rotatable bonds is 7. The number of likely N-dealkylation sites (tertiary alicyclic amines) is 1. The fourth-order valence-electron chi connectivity index (χ4n) is 3.97. The zero-order chi connectivity index (χ0) is 22.5. The van der Waals surface area contributed by atoms with Crippen molar-refractivity contribution in [3.63, 3.8) is 0 Å². The van der Waals surface area contributed by atoms with Crippen molar-refractivity contribution in [1.29, 1.82) is 0 Å². The Morgan fingerprint density at radius 3 is 2.72 bits per heavy atom. The quantitative estimate of drug-likeness (QED) is 0.548. The summed E-state index contributed by atoms with van der Waals surface area (Å²) in [7, 11) is 1.60. The van der Waals surface area contributed by atoms with Gasteiger partial charge in [0, 0.05) is 18.8 Å². The van der Waals surface area contributed by atoms with Crippen LogP contribution in [0.4, 0.5) is 5.69 Å². The third-order valence-electron chi connectivity index (χ3n) is 5.63. The van der Waals surface area contributed by atoms with Gasteiger partial charge in [0.1, 0.15) is 12.3 Å². The van der Waals surface area contributed by atoms with Gasteiger partial charge >= 0.3 is 0 Å². The topological polar surface area (TPSA) is 76.5 Å². The van der Waals surface area contributed by atoms with Gasteiger partial charge in [-0.3, -0.25) is 9.59 Å². The van der Waals surface area contributed by atoms with E-state index < -0.39 is 0 Å². The van der Waals surface area contributed by atoms with Gasteiger partial charge in [-0.15, -0.1) is 0 Å². The van der Waals surface area contributed by atoms with Crippen LogP contribution in [0.2, 0.25) is 0 Å². The summed E-state index contributed by atoms with van der Waals surface area (Å²) in [5.74, 6) is 1.44. The first-order valence-corrected chi connectivity index (χ1v) is 11.8. The van der Waals surface area contributed by atoms with Crippen LogP contribution in [-0.2, 0) is 16.1 Å². The fraction of sp³-hybridized carbons (Fsp3) is 0.375. The number of carbonyl (C=O) groups is 2. The van der Waals surface area contributed by atoms with Gasteiger partial charge in [0.25, 0.3) is 0 Å². The van der Waals surface area contributed by atoms with Crippen molar-refractivity contribution >= 4 is 40.3 Å². The minimum atomic E-state index is -0.130. The van der Waals surface area contributed by atoms with E-state index in [0.717, 1.165) is 36.3 Å². The number of ether oxygens (including phenoxy) is 1. The van der Waals surface area contributed by atoms with Gasteiger partial charge in [0.05, 0.1) is 23.9 Å². The number of aromatic nitrogens is 2. The number of thioether (sulfide) groups is 1. The number of amides is 2. The number of methoxy groups -OCH3 is 1. The molecule has 1 N–H and O–H groups in total. The van der Waals surface area contributed by atoms with Crippen LogP contribution in [0, 0.1) is 5.92 Å². The number of hydrogen-bond donors (Lipinski definition) is 1. The number of nitrogens with one attached hydrogen (secondary N) is 1. The van der Waals surface area contributed by atoms with Crippen LogP contribution in [0.5, 0.6) is 5.75 Å². The van der Waals surface area contributed by atoms with Crippen LogP contribution in [0.25, 0.3) is 11.0 Å². The molecule has 0 unspecified atom stereocenters. The lowest BCUT2D eigenvalue weighted by Crippen LogP contribution is -2.40. The van der Waals surface area contributed by atoms with Crippen molar-refractivity contribution in [2.24, 2.45) is 5.92 Å². The number of anilines is 1. The molecule has 1 fully saturated rings. The van der Waals surface area contributed by atoms with Crippen LogP contribution < -0.4 is 10.1 Å². The highest BCUT2D eigenvalue weighted by Crippen LogP contribution is 2.25. The molecule has 8 heteroatoms. The van der Waals surface area contributed by atoms with Crippen LogP contribution in [0.1, 0.15) is 19.8 Å². The van der Waals surface area contributed by atoms with Crippen molar-refractivity contribution in [2.45, 2.75) is 31.5 Å². The average molecular weight is 453 g/mol. The Balaban J connectivity index is 1.45. The predicted molar refractivity (Wildman–Crippen MR) is 127 cm³/mol. The predicted octanol–water partition coefficient (Wildman–Crippen LogP) is 4.03. The van der Waals surface area contributed by atoms with E-state index in [4.69, 9.17) is 4.74 Å². The van der Waals surface area contributed by atoms with Crippen LogP contribution in [0.3, 0.4) is 0 Å². The van der Waals surface area contributed by atoms with Crippen molar-refractivity contribution in [3.05, 3.63) is 48.5 Å². The lowest BCUT2D eigenvalue weighted by Gasteiger charge is -2.31. The second-order valence-corrected chi connectivity index (χ2v) is 9.06. The fourth-order valence-corrected chi connectivity index (χ4v) is 4.78. The first kappa shape index (κ1) is 22.2. The summed E-state index contributed by atoms with van der Waals surface area (Å²) in [6.07, 6.45) is 2.22. The number of carbonyl (C=O) groups excluding carboxylic acids is 2. The Hall–Kier alpha value is -3.00. The smallest absolute Gasteiger partial charge is 0.242 e. The van der Waals surface area contributed by atoms with Gasteiger partial charge in [0.15, 0.2) is 5.16 Å². The molecule has 0 spiro atoms. The summed E-state index contributed by atoms with van der Waals surface area (Å²) in [4.78, 5) is 32.2. The molecule has 1 aliphatic rings. The second-order valence-electron chi connectivity index (χ2n) is 8.12. The second kappa shape index (κ2) is 10.1. The molecule has 4 rings (SSSR count). The number of benzene rings is 2.